The molecule has 0 spiro atoms. The number of amides is 12. The third-order valence-corrected chi connectivity index (χ3v) is 12.7. The van der Waals surface area contributed by atoms with Gasteiger partial charge in [-0.25, -0.2) is 0 Å². The van der Waals surface area contributed by atoms with E-state index in [0.717, 1.165) is 0 Å². The molecule has 32 heteroatoms. The first-order valence-corrected chi connectivity index (χ1v) is 27.5. The lowest BCUT2D eigenvalue weighted by Crippen LogP contribution is -2.61. The lowest BCUT2D eigenvalue weighted by Gasteiger charge is -2.28. The SMILES string of the molecule is CC(C)C[C@H](NC(=O)[C@@H](NC(=O)[C@H](C)NC(=O)[C@H](CO)NC(=O)[C@@H](N)[C@@H](C)O)C(C)C)C(=O)N[C@@H](CCC(N)=O)C(=O)N[C@@H](CO)C(=O)NCC(=O)N[C@@H](Cc1ccccc1)C(=O)N[C@@H](CCCNC(=N)N)C(=O)N[C@@H](CCCCN)C(N)=O. The molecule has 0 heterocycles. The van der Waals surface area contributed by atoms with Crippen molar-refractivity contribution in [2.24, 2.45) is 40.5 Å². The minimum absolute atomic E-state index is 0.0277. The summed E-state index contributed by atoms with van der Waals surface area (Å²) in [6.45, 7) is 6.73. The number of aliphatic hydroxyl groups excluding tert-OH is 3. The number of aliphatic hydroxyl groups is 3. The maximum atomic E-state index is 14.0. The molecule has 25 N–H and O–H groups in total. The molecule has 1 aromatic carbocycles. The van der Waals surface area contributed by atoms with Crippen molar-refractivity contribution in [2.75, 3.05) is 32.8 Å². The van der Waals surface area contributed by atoms with Crippen LogP contribution in [0.5, 0.6) is 0 Å². The number of hydrogen-bond acceptors (Lipinski definition) is 18. The summed E-state index contributed by atoms with van der Waals surface area (Å²) in [7, 11) is 0. The highest BCUT2D eigenvalue weighted by molar-refractivity contribution is 5.99. The average molecular weight is 1190 g/mol. The molecule has 0 aliphatic heterocycles. The third-order valence-electron chi connectivity index (χ3n) is 12.7. The summed E-state index contributed by atoms with van der Waals surface area (Å²) < 4.78 is 0. The molecule has 1 rings (SSSR count). The molecular formula is C52H89N17O15. The van der Waals surface area contributed by atoms with Gasteiger partial charge < -0.3 is 102 Å². The van der Waals surface area contributed by atoms with Gasteiger partial charge in [0.15, 0.2) is 5.96 Å². The van der Waals surface area contributed by atoms with Gasteiger partial charge in [0.2, 0.25) is 70.9 Å². The number of carbonyl (C=O) groups excluding carboxylic acids is 12. The molecular weight excluding hydrogens is 1100 g/mol. The summed E-state index contributed by atoms with van der Waals surface area (Å²) >= 11 is 0. The number of carbonyl (C=O) groups is 12. The highest BCUT2D eigenvalue weighted by atomic mass is 16.3. The first kappa shape index (κ1) is 73.9. The van der Waals surface area contributed by atoms with E-state index in [-0.39, 0.29) is 50.5 Å². The molecule has 472 valence electrons. The Labute approximate surface area is 487 Å². The maximum Gasteiger partial charge on any atom is 0.245 e. The van der Waals surface area contributed by atoms with Gasteiger partial charge in [0.1, 0.15) is 60.4 Å². The minimum atomic E-state index is -1.78. The van der Waals surface area contributed by atoms with Gasteiger partial charge in [-0.2, -0.15) is 0 Å². The van der Waals surface area contributed by atoms with Crippen molar-refractivity contribution in [1.29, 1.82) is 5.41 Å². The van der Waals surface area contributed by atoms with Crippen molar-refractivity contribution >= 4 is 76.8 Å². The Balaban J connectivity index is 3.29. The zero-order valence-electron chi connectivity index (χ0n) is 48.4. The second-order valence-corrected chi connectivity index (χ2v) is 20.8. The van der Waals surface area contributed by atoms with Crippen molar-refractivity contribution in [2.45, 2.75) is 166 Å². The molecule has 0 fully saturated rings. The fraction of sp³-hybridized carbons (Fsp3) is 0.635. The van der Waals surface area contributed by atoms with Crippen LogP contribution >= 0.6 is 0 Å². The van der Waals surface area contributed by atoms with E-state index in [4.69, 9.17) is 34.1 Å². The number of unbranched alkanes of at least 4 members (excludes halogenated alkanes) is 1. The second kappa shape index (κ2) is 38.7. The molecule has 0 saturated carbocycles. The Morgan fingerprint density at radius 2 is 1.04 bits per heavy atom. The molecule has 11 atom stereocenters. The van der Waals surface area contributed by atoms with Gasteiger partial charge in [0.25, 0.3) is 0 Å². The van der Waals surface area contributed by atoms with E-state index in [1.807, 2.05) is 0 Å². The molecule has 32 nitrogen and oxygen atoms in total. The summed E-state index contributed by atoms with van der Waals surface area (Å²) in [5.74, 6) is -12.4. The lowest BCUT2D eigenvalue weighted by molar-refractivity contribution is -0.136. The number of nitrogens with one attached hydrogen (secondary N) is 12. The summed E-state index contributed by atoms with van der Waals surface area (Å²) in [5.41, 5.74) is 28.1. The zero-order valence-corrected chi connectivity index (χ0v) is 48.4. The van der Waals surface area contributed by atoms with Gasteiger partial charge in [0, 0.05) is 19.4 Å². The van der Waals surface area contributed by atoms with Crippen molar-refractivity contribution in [3.63, 3.8) is 0 Å². The highest BCUT2D eigenvalue weighted by Gasteiger charge is 2.35. The largest absolute Gasteiger partial charge is 0.394 e. The number of benzene rings is 1. The van der Waals surface area contributed by atoms with E-state index in [2.05, 4.69) is 58.5 Å². The third kappa shape index (κ3) is 28.3. The monoisotopic (exact) mass is 1190 g/mol. The van der Waals surface area contributed by atoms with Crippen molar-refractivity contribution in [3.8, 4) is 0 Å². The summed E-state index contributed by atoms with van der Waals surface area (Å²) in [5, 5.41) is 63.8. The van der Waals surface area contributed by atoms with E-state index in [1.165, 1.54) is 13.8 Å². The van der Waals surface area contributed by atoms with Crippen LogP contribution in [0.2, 0.25) is 0 Å². The Kier molecular flexibility index (Phi) is 34.0. The first-order chi connectivity index (χ1) is 39.4. The summed E-state index contributed by atoms with van der Waals surface area (Å²) in [4.78, 5) is 159. The molecule has 0 bridgehead atoms. The van der Waals surface area contributed by atoms with Crippen LogP contribution in [0.15, 0.2) is 30.3 Å². The maximum absolute atomic E-state index is 14.0. The molecule has 0 aliphatic carbocycles. The molecule has 12 amide bonds. The van der Waals surface area contributed by atoms with Crippen LogP contribution in [0.25, 0.3) is 0 Å². The highest BCUT2D eigenvalue weighted by Crippen LogP contribution is 2.12. The van der Waals surface area contributed by atoms with E-state index >= 15 is 0 Å². The Hall–Kier alpha value is -8.07. The molecule has 0 unspecified atom stereocenters. The fourth-order valence-electron chi connectivity index (χ4n) is 7.85. The van der Waals surface area contributed by atoms with Gasteiger partial charge in [-0.1, -0.05) is 58.0 Å². The fourth-order valence-corrected chi connectivity index (χ4v) is 7.85. The van der Waals surface area contributed by atoms with Gasteiger partial charge in [-0.15, -0.1) is 0 Å². The van der Waals surface area contributed by atoms with Crippen LogP contribution in [-0.2, 0) is 64.0 Å². The molecule has 0 aromatic heterocycles. The second-order valence-electron chi connectivity index (χ2n) is 20.8. The zero-order chi connectivity index (χ0) is 63.8. The topological polar surface area (TPSA) is 552 Å². The van der Waals surface area contributed by atoms with Gasteiger partial charge in [-0.05, 0) is 82.7 Å². The van der Waals surface area contributed by atoms with Crippen LogP contribution in [-0.4, -0.2) is 192 Å². The average Bonchev–Trinajstić information content (AvgIpc) is 3.45. The quantitative estimate of drug-likeness (QED) is 0.0165. The van der Waals surface area contributed by atoms with Crippen LogP contribution in [0, 0.1) is 17.2 Å². The summed E-state index contributed by atoms with van der Waals surface area (Å²) in [6, 6.07) is -5.88. The van der Waals surface area contributed by atoms with Gasteiger partial charge >= 0.3 is 0 Å². The van der Waals surface area contributed by atoms with Crippen molar-refractivity contribution in [3.05, 3.63) is 35.9 Å². The van der Waals surface area contributed by atoms with Crippen molar-refractivity contribution < 1.29 is 72.9 Å². The van der Waals surface area contributed by atoms with E-state index in [1.54, 1.807) is 58.0 Å². The van der Waals surface area contributed by atoms with Gasteiger partial charge in [0.05, 0.1) is 25.9 Å². The number of hydrogen-bond donors (Lipinski definition) is 20. The Morgan fingerprint density at radius 3 is 1.56 bits per heavy atom. The number of primary amides is 2. The number of nitrogens with two attached hydrogens (primary N) is 5. The van der Waals surface area contributed by atoms with Gasteiger partial charge in [-0.3, -0.25) is 62.9 Å². The van der Waals surface area contributed by atoms with E-state index in [0.29, 0.717) is 24.9 Å². The van der Waals surface area contributed by atoms with Crippen LogP contribution in [0.4, 0.5) is 0 Å². The van der Waals surface area contributed by atoms with E-state index in [9.17, 15) is 72.9 Å². The van der Waals surface area contributed by atoms with E-state index < -0.39 is 176 Å². The Bertz CT molecular complexity index is 2380. The molecule has 1 aromatic rings. The Morgan fingerprint density at radius 1 is 0.536 bits per heavy atom. The van der Waals surface area contributed by atoms with Crippen LogP contribution in [0.1, 0.15) is 98.5 Å². The van der Waals surface area contributed by atoms with Crippen LogP contribution in [0.3, 0.4) is 0 Å². The molecule has 0 radical (unpaired) electrons. The lowest BCUT2D eigenvalue weighted by atomic mass is 9.99. The van der Waals surface area contributed by atoms with Crippen molar-refractivity contribution in [1.82, 2.24) is 58.5 Å². The standard InChI is InChI=1S/C52H89N17O15/c1-26(2)21-34(66-51(84)41(27(3)4)69-43(76)28(5)61-49(82)37(25-71)68-50(83)40(55)29(6)72)47(80)65-33(17-18-38(54)73)46(79)67-36(24-70)44(77)60-23-39(74)62-35(22-30-13-8-7-9-14-30)48(81)64-32(16-12-20-59-52(57)58)45(78)63-31(42(56)75)15-10-11-19-53/h7-9,13-14,26-29,31-37,40-41,70-72H,10-12,15-25,53,55H2,1-6H3,(H2,54,73)(H2,56,75)(H,60,77)(H,61,82)(H,62,74)(H,63,78)(H,64,81)(H,65,80)(H,66,84)(H,67,79)(H,68,83)(H,69,76)(H4,57,58,59)/t28-,29+,31-,32-,33-,34-,35-,36-,37-,40-,41-/m0/s1. The summed E-state index contributed by atoms with van der Waals surface area (Å²) in [6.07, 6.45) is -1.03. The predicted molar refractivity (Wildman–Crippen MR) is 304 cm³/mol. The smallest absolute Gasteiger partial charge is 0.245 e. The minimum Gasteiger partial charge on any atom is -0.394 e. The molecule has 84 heavy (non-hydrogen) atoms. The molecule has 0 saturated heterocycles. The predicted octanol–water partition coefficient (Wildman–Crippen LogP) is -7.73. The molecule has 0 aliphatic rings. The normalized spacial score (nSPS) is 15.0. The number of rotatable bonds is 40. The van der Waals surface area contributed by atoms with Crippen LogP contribution < -0.4 is 87.2 Å². The number of guanidine groups is 1. The first-order valence-electron chi connectivity index (χ1n) is 27.5.